The Kier molecular flexibility index (Phi) is 4.13. The summed E-state index contributed by atoms with van der Waals surface area (Å²) in [6.45, 7) is 5.06. The molecule has 2 heterocycles. The Morgan fingerprint density at radius 1 is 1.41 bits per heavy atom. The molecule has 1 aliphatic heterocycles. The summed E-state index contributed by atoms with van der Waals surface area (Å²) in [5.74, 6) is 0.105. The van der Waals surface area contributed by atoms with Crippen LogP contribution in [-0.2, 0) is 17.8 Å². The Bertz CT molecular complexity index is 677. The fourth-order valence-corrected chi connectivity index (χ4v) is 2.76. The standard InChI is InChI=1S/C17H22N4O/c1-3-21-11-14(10-18-21)12(2)19-15-8-7-13-5-4-6-17(22)20-16(13)9-15/h7-12,19H,3-6H2,1-2H3,(H,20,22). The van der Waals surface area contributed by atoms with E-state index >= 15 is 0 Å². The minimum absolute atomic E-state index is 0.105. The molecule has 0 aliphatic carbocycles. The second kappa shape index (κ2) is 6.22. The first kappa shape index (κ1) is 14.6. The molecule has 1 amide bonds. The molecule has 116 valence electrons. The maximum atomic E-state index is 11.7. The molecule has 5 nitrogen and oxygen atoms in total. The minimum Gasteiger partial charge on any atom is -0.378 e. The minimum atomic E-state index is 0.105. The molecule has 0 bridgehead atoms. The molecule has 1 aromatic carbocycles. The highest BCUT2D eigenvalue weighted by molar-refractivity contribution is 5.92. The van der Waals surface area contributed by atoms with Gasteiger partial charge in [0, 0.05) is 36.1 Å². The third-order valence-corrected chi connectivity index (χ3v) is 4.09. The van der Waals surface area contributed by atoms with Crippen molar-refractivity contribution in [2.75, 3.05) is 10.6 Å². The predicted molar refractivity (Wildman–Crippen MR) is 87.9 cm³/mol. The molecule has 1 atom stereocenters. The van der Waals surface area contributed by atoms with Gasteiger partial charge in [-0.25, -0.2) is 0 Å². The maximum absolute atomic E-state index is 11.7. The van der Waals surface area contributed by atoms with Gasteiger partial charge in [0.2, 0.25) is 5.91 Å². The van der Waals surface area contributed by atoms with Gasteiger partial charge in [-0.3, -0.25) is 9.48 Å². The molecule has 2 aromatic rings. The normalized spacial score (nSPS) is 15.6. The Balaban J connectivity index is 1.76. The Labute approximate surface area is 130 Å². The quantitative estimate of drug-likeness (QED) is 0.910. The molecule has 22 heavy (non-hydrogen) atoms. The molecule has 0 saturated heterocycles. The van der Waals surface area contributed by atoms with Crippen molar-refractivity contribution in [2.24, 2.45) is 0 Å². The van der Waals surface area contributed by atoms with Crippen molar-refractivity contribution in [3.63, 3.8) is 0 Å². The predicted octanol–water partition coefficient (Wildman–Crippen LogP) is 3.35. The first-order valence-electron chi connectivity index (χ1n) is 7.87. The molecule has 2 N–H and O–H groups in total. The zero-order chi connectivity index (χ0) is 15.5. The van der Waals surface area contributed by atoms with Crippen LogP contribution in [0.5, 0.6) is 0 Å². The summed E-state index contributed by atoms with van der Waals surface area (Å²) in [4.78, 5) is 11.7. The van der Waals surface area contributed by atoms with E-state index in [1.165, 1.54) is 5.56 Å². The summed E-state index contributed by atoms with van der Waals surface area (Å²) in [5, 5.41) is 10.8. The van der Waals surface area contributed by atoms with Crippen molar-refractivity contribution in [1.82, 2.24) is 9.78 Å². The lowest BCUT2D eigenvalue weighted by Crippen LogP contribution is -2.10. The van der Waals surface area contributed by atoms with Gasteiger partial charge in [-0.15, -0.1) is 0 Å². The number of hydrogen-bond donors (Lipinski definition) is 2. The Hall–Kier alpha value is -2.30. The monoisotopic (exact) mass is 298 g/mol. The third kappa shape index (κ3) is 3.13. The van der Waals surface area contributed by atoms with E-state index in [1.54, 1.807) is 0 Å². The number of benzene rings is 1. The van der Waals surface area contributed by atoms with E-state index in [1.807, 2.05) is 16.9 Å². The van der Waals surface area contributed by atoms with Crippen LogP contribution in [0, 0.1) is 0 Å². The highest BCUT2D eigenvalue weighted by Crippen LogP contribution is 2.27. The van der Waals surface area contributed by atoms with Crippen molar-refractivity contribution in [3.05, 3.63) is 41.7 Å². The number of aryl methyl sites for hydroxylation is 2. The Morgan fingerprint density at radius 2 is 2.27 bits per heavy atom. The van der Waals surface area contributed by atoms with E-state index in [9.17, 15) is 4.79 Å². The molecule has 1 unspecified atom stereocenters. The van der Waals surface area contributed by atoms with Crippen molar-refractivity contribution in [1.29, 1.82) is 0 Å². The largest absolute Gasteiger partial charge is 0.378 e. The van der Waals surface area contributed by atoms with Crippen LogP contribution in [0.3, 0.4) is 0 Å². The average molecular weight is 298 g/mol. The SMILES string of the molecule is CCn1cc(C(C)Nc2ccc3c(c2)NC(=O)CCC3)cn1. The van der Waals surface area contributed by atoms with E-state index in [0.29, 0.717) is 6.42 Å². The number of carbonyl (C=O) groups excluding carboxylic acids is 1. The van der Waals surface area contributed by atoms with Crippen LogP contribution in [0.4, 0.5) is 11.4 Å². The van der Waals surface area contributed by atoms with Crippen LogP contribution in [0.2, 0.25) is 0 Å². The highest BCUT2D eigenvalue weighted by Gasteiger charge is 2.14. The van der Waals surface area contributed by atoms with Crippen LogP contribution in [0.15, 0.2) is 30.6 Å². The fraction of sp³-hybridized carbons (Fsp3) is 0.412. The van der Waals surface area contributed by atoms with Gasteiger partial charge < -0.3 is 10.6 Å². The van der Waals surface area contributed by atoms with Gasteiger partial charge in [-0.2, -0.15) is 5.10 Å². The molecule has 3 rings (SSSR count). The van der Waals surface area contributed by atoms with Gasteiger partial charge in [-0.1, -0.05) is 6.07 Å². The summed E-state index contributed by atoms with van der Waals surface area (Å²) >= 11 is 0. The number of amides is 1. The van der Waals surface area contributed by atoms with Crippen molar-refractivity contribution in [3.8, 4) is 0 Å². The summed E-state index contributed by atoms with van der Waals surface area (Å²) < 4.78 is 1.92. The van der Waals surface area contributed by atoms with E-state index < -0.39 is 0 Å². The van der Waals surface area contributed by atoms with Crippen LogP contribution in [-0.4, -0.2) is 15.7 Å². The number of fused-ring (bicyclic) bond motifs is 1. The number of aromatic nitrogens is 2. The van der Waals surface area contributed by atoms with Crippen LogP contribution in [0.1, 0.15) is 43.9 Å². The second-order valence-electron chi connectivity index (χ2n) is 5.77. The molecular formula is C17H22N4O. The summed E-state index contributed by atoms with van der Waals surface area (Å²) in [6, 6.07) is 6.38. The van der Waals surface area contributed by atoms with Crippen LogP contribution < -0.4 is 10.6 Å². The number of nitrogens with one attached hydrogen (secondary N) is 2. The zero-order valence-corrected chi connectivity index (χ0v) is 13.1. The lowest BCUT2D eigenvalue weighted by molar-refractivity contribution is -0.116. The van der Waals surface area contributed by atoms with Gasteiger partial charge in [-0.05, 0) is 44.4 Å². The molecule has 0 saturated carbocycles. The molecule has 0 fully saturated rings. The lowest BCUT2D eigenvalue weighted by atomic mass is 10.1. The molecule has 1 aliphatic rings. The summed E-state index contributed by atoms with van der Waals surface area (Å²) in [7, 11) is 0. The Morgan fingerprint density at radius 3 is 3.05 bits per heavy atom. The van der Waals surface area contributed by atoms with Crippen molar-refractivity contribution < 1.29 is 4.79 Å². The van der Waals surface area contributed by atoms with Crippen LogP contribution in [0.25, 0.3) is 0 Å². The van der Waals surface area contributed by atoms with Crippen molar-refractivity contribution >= 4 is 17.3 Å². The number of carbonyl (C=O) groups is 1. The van der Waals surface area contributed by atoms with Gasteiger partial charge in [0.25, 0.3) is 0 Å². The first-order valence-corrected chi connectivity index (χ1v) is 7.87. The molecule has 5 heteroatoms. The summed E-state index contributed by atoms with van der Waals surface area (Å²) in [6.07, 6.45) is 6.42. The third-order valence-electron chi connectivity index (χ3n) is 4.09. The van der Waals surface area contributed by atoms with E-state index in [2.05, 4.69) is 47.9 Å². The zero-order valence-electron chi connectivity index (χ0n) is 13.1. The fourth-order valence-electron chi connectivity index (χ4n) is 2.76. The smallest absolute Gasteiger partial charge is 0.224 e. The van der Waals surface area contributed by atoms with Crippen molar-refractivity contribution in [2.45, 2.75) is 45.7 Å². The van der Waals surface area contributed by atoms with E-state index in [-0.39, 0.29) is 11.9 Å². The highest BCUT2D eigenvalue weighted by atomic mass is 16.1. The van der Waals surface area contributed by atoms with Gasteiger partial charge in [0.05, 0.1) is 12.2 Å². The topological polar surface area (TPSA) is 59.0 Å². The number of anilines is 2. The number of rotatable bonds is 4. The van der Waals surface area contributed by atoms with Gasteiger partial charge in [0.15, 0.2) is 0 Å². The number of hydrogen-bond acceptors (Lipinski definition) is 3. The van der Waals surface area contributed by atoms with Gasteiger partial charge >= 0.3 is 0 Å². The maximum Gasteiger partial charge on any atom is 0.224 e. The van der Waals surface area contributed by atoms with Crippen LogP contribution >= 0.6 is 0 Å². The molecular weight excluding hydrogens is 276 g/mol. The molecule has 1 aromatic heterocycles. The number of nitrogens with zero attached hydrogens (tertiary/aromatic N) is 2. The second-order valence-corrected chi connectivity index (χ2v) is 5.77. The summed E-state index contributed by atoms with van der Waals surface area (Å²) in [5.41, 5.74) is 4.31. The molecule has 0 radical (unpaired) electrons. The van der Waals surface area contributed by atoms with E-state index in [4.69, 9.17) is 0 Å². The van der Waals surface area contributed by atoms with E-state index in [0.717, 1.165) is 36.3 Å². The average Bonchev–Trinajstić information content (AvgIpc) is 2.91. The lowest BCUT2D eigenvalue weighted by Gasteiger charge is -2.16. The van der Waals surface area contributed by atoms with Gasteiger partial charge in [0.1, 0.15) is 0 Å². The first-order chi connectivity index (χ1) is 10.7. The molecule has 0 spiro atoms.